The lowest BCUT2D eigenvalue weighted by Crippen LogP contribution is -2.42. The molecule has 0 aliphatic carbocycles. The van der Waals surface area contributed by atoms with Crippen LogP contribution in [0.1, 0.15) is 10.9 Å². The van der Waals surface area contributed by atoms with Crippen LogP contribution in [0.5, 0.6) is 17.2 Å². The van der Waals surface area contributed by atoms with E-state index in [9.17, 15) is 4.79 Å². The summed E-state index contributed by atoms with van der Waals surface area (Å²) in [5, 5.41) is -0.0849. The van der Waals surface area contributed by atoms with Gasteiger partial charge in [-0.3, -0.25) is 9.69 Å². The minimum Gasteiger partial charge on any atom is -0.493 e. The Labute approximate surface area is 158 Å². The number of hydrogen-bond acceptors (Lipinski definition) is 7. The van der Waals surface area contributed by atoms with Crippen molar-refractivity contribution in [2.24, 2.45) is 0 Å². The Morgan fingerprint density at radius 2 is 1.81 bits per heavy atom. The van der Waals surface area contributed by atoms with E-state index in [2.05, 4.69) is 4.90 Å². The number of thioether (sulfide) groups is 1. The van der Waals surface area contributed by atoms with Crippen LogP contribution in [0.2, 0.25) is 0 Å². The summed E-state index contributed by atoms with van der Waals surface area (Å²) in [5.74, 6) is 2.43. The van der Waals surface area contributed by atoms with Gasteiger partial charge in [-0.05, 0) is 12.1 Å². The van der Waals surface area contributed by atoms with Crippen LogP contribution in [0.15, 0.2) is 12.1 Å². The number of carbonyl (C=O) groups excluding carboxylic acids is 1. The van der Waals surface area contributed by atoms with Crippen LogP contribution in [0.3, 0.4) is 0 Å². The highest BCUT2D eigenvalue weighted by Gasteiger charge is 2.36. The van der Waals surface area contributed by atoms with E-state index in [-0.39, 0.29) is 11.3 Å². The molecule has 2 aliphatic heterocycles. The van der Waals surface area contributed by atoms with Gasteiger partial charge >= 0.3 is 0 Å². The molecule has 2 fully saturated rings. The number of morpholine rings is 1. The number of methoxy groups -OCH3 is 3. The van der Waals surface area contributed by atoms with E-state index in [1.54, 1.807) is 33.1 Å². The van der Waals surface area contributed by atoms with Crippen LogP contribution in [0, 0.1) is 0 Å². The lowest BCUT2D eigenvalue weighted by atomic mass is 10.1. The molecule has 7 nitrogen and oxygen atoms in total. The molecule has 3 rings (SSSR count). The van der Waals surface area contributed by atoms with Gasteiger partial charge in [0.1, 0.15) is 5.37 Å². The molecule has 1 amide bonds. The molecule has 2 aliphatic rings. The maximum absolute atomic E-state index is 12.5. The third-order valence-electron chi connectivity index (χ3n) is 4.73. The summed E-state index contributed by atoms with van der Waals surface area (Å²) in [5.41, 5.74) is 0.933. The molecule has 1 atom stereocenters. The van der Waals surface area contributed by atoms with Crippen LogP contribution < -0.4 is 14.2 Å². The maximum atomic E-state index is 12.5. The van der Waals surface area contributed by atoms with Gasteiger partial charge in [0, 0.05) is 31.7 Å². The standard InChI is InChI=1S/C18H26N2O5S/c1-22-14-5-4-13(16(23-2)17(14)24-3)18-20(15(21)12-26-18)7-6-19-8-10-25-11-9-19/h4-5,18H,6-12H2,1-3H3. The zero-order chi connectivity index (χ0) is 18.5. The normalized spacial score (nSPS) is 21.1. The first-order valence-electron chi connectivity index (χ1n) is 8.69. The molecule has 26 heavy (non-hydrogen) atoms. The number of benzene rings is 1. The molecule has 0 bridgehead atoms. The Balaban J connectivity index is 1.81. The number of amides is 1. The highest BCUT2D eigenvalue weighted by molar-refractivity contribution is 8.00. The van der Waals surface area contributed by atoms with Gasteiger partial charge in [0.05, 0.1) is 40.3 Å². The molecular weight excluding hydrogens is 356 g/mol. The van der Waals surface area contributed by atoms with Crippen molar-refractivity contribution in [2.75, 3.05) is 66.5 Å². The molecule has 1 unspecified atom stereocenters. The molecule has 2 heterocycles. The van der Waals surface area contributed by atoms with Gasteiger partial charge in [-0.25, -0.2) is 0 Å². The molecule has 0 spiro atoms. The van der Waals surface area contributed by atoms with Crippen molar-refractivity contribution in [3.05, 3.63) is 17.7 Å². The third-order valence-corrected chi connectivity index (χ3v) is 5.97. The van der Waals surface area contributed by atoms with Crippen LogP contribution >= 0.6 is 11.8 Å². The van der Waals surface area contributed by atoms with Crippen LogP contribution in [-0.4, -0.2) is 82.2 Å². The van der Waals surface area contributed by atoms with Crippen LogP contribution in [-0.2, 0) is 9.53 Å². The molecule has 1 aromatic rings. The van der Waals surface area contributed by atoms with Crippen molar-refractivity contribution in [3.8, 4) is 17.2 Å². The molecule has 0 radical (unpaired) electrons. The van der Waals surface area contributed by atoms with Gasteiger partial charge in [0.2, 0.25) is 11.7 Å². The Morgan fingerprint density at radius 1 is 1.08 bits per heavy atom. The zero-order valence-electron chi connectivity index (χ0n) is 15.5. The van der Waals surface area contributed by atoms with Gasteiger partial charge in [-0.2, -0.15) is 0 Å². The number of nitrogens with zero attached hydrogens (tertiary/aromatic N) is 2. The van der Waals surface area contributed by atoms with E-state index in [0.29, 0.717) is 29.5 Å². The first-order chi connectivity index (χ1) is 12.7. The smallest absolute Gasteiger partial charge is 0.233 e. The van der Waals surface area contributed by atoms with Crippen molar-refractivity contribution in [2.45, 2.75) is 5.37 Å². The zero-order valence-corrected chi connectivity index (χ0v) is 16.3. The summed E-state index contributed by atoms with van der Waals surface area (Å²) in [6, 6.07) is 3.82. The Hall–Kier alpha value is -1.64. The Bertz CT molecular complexity index is 636. The number of rotatable bonds is 7. The topological polar surface area (TPSA) is 60.5 Å². The fourth-order valence-electron chi connectivity index (χ4n) is 3.35. The Kier molecular flexibility index (Phi) is 6.50. The molecule has 1 aromatic carbocycles. The fourth-order valence-corrected chi connectivity index (χ4v) is 4.58. The molecule has 8 heteroatoms. The fraction of sp³-hybridized carbons (Fsp3) is 0.611. The molecular formula is C18H26N2O5S. The second-order valence-corrected chi connectivity index (χ2v) is 7.20. The third kappa shape index (κ3) is 3.87. The quantitative estimate of drug-likeness (QED) is 0.710. The SMILES string of the molecule is COc1ccc(C2SCC(=O)N2CCN2CCOCC2)c(OC)c1OC. The number of ether oxygens (including phenoxy) is 4. The summed E-state index contributed by atoms with van der Waals surface area (Å²) in [7, 11) is 4.80. The molecule has 0 aromatic heterocycles. The first kappa shape index (κ1) is 19.1. The predicted molar refractivity (Wildman–Crippen MR) is 100 cm³/mol. The highest BCUT2D eigenvalue weighted by Crippen LogP contribution is 2.48. The van der Waals surface area contributed by atoms with E-state index in [0.717, 1.165) is 38.4 Å². The highest BCUT2D eigenvalue weighted by atomic mass is 32.2. The van der Waals surface area contributed by atoms with Crippen molar-refractivity contribution < 1.29 is 23.7 Å². The predicted octanol–water partition coefficient (Wildman–Crippen LogP) is 1.62. The summed E-state index contributed by atoms with van der Waals surface area (Å²) in [6.07, 6.45) is 0. The van der Waals surface area contributed by atoms with Gasteiger partial charge < -0.3 is 23.8 Å². The monoisotopic (exact) mass is 382 g/mol. The van der Waals surface area contributed by atoms with Crippen molar-refractivity contribution >= 4 is 17.7 Å². The average molecular weight is 382 g/mol. The molecule has 0 N–H and O–H groups in total. The average Bonchev–Trinajstić information content (AvgIpc) is 3.06. The van der Waals surface area contributed by atoms with E-state index < -0.39 is 0 Å². The van der Waals surface area contributed by atoms with Crippen molar-refractivity contribution in [3.63, 3.8) is 0 Å². The van der Waals surface area contributed by atoms with E-state index in [1.807, 2.05) is 17.0 Å². The van der Waals surface area contributed by atoms with Gasteiger partial charge in [0.15, 0.2) is 11.5 Å². The first-order valence-corrected chi connectivity index (χ1v) is 9.74. The molecule has 0 saturated carbocycles. The van der Waals surface area contributed by atoms with Crippen molar-refractivity contribution in [1.29, 1.82) is 0 Å². The number of carbonyl (C=O) groups is 1. The summed E-state index contributed by atoms with van der Waals surface area (Å²) in [4.78, 5) is 16.7. The minimum absolute atomic E-state index is 0.0849. The van der Waals surface area contributed by atoms with E-state index in [4.69, 9.17) is 18.9 Å². The number of hydrogen-bond donors (Lipinski definition) is 0. The lowest BCUT2D eigenvalue weighted by Gasteiger charge is -2.31. The maximum Gasteiger partial charge on any atom is 0.233 e. The summed E-state index contributed by atoms with van der Waals surface area (Å²) >= 11 is 1.62. The largest absolute Gasteiger partial charge is 0.493 e. The summed E-state index contributed by atoms with van der Waals surface area (Å²) < 4.78 is 21.9. The van der Waals surface area contributed by atoms with Gasteiger partial charge in [-0.1, -0.05) is 0 Å². The van der Waals surface area contributed by atoms with Crippen LogP contribution in [0.4, 0.5) is 0 Å². The lowest BCUT2D eigenvalue weighted by molar-refractivity contribution is -0.128. The van der Waals surface area contributed by atoms with Crippen molar-refractivity contribution in [1.82, 2.24) is 9.80 Å². The van der Waals surface area contributed by atoms with E-state index >= 15 is 0 Å². The van der Waals surface area contributed by atoms with Gasteiger partial charge in [-0.15, -0.1) is 11.8 Å². The minimum atomic E-state index is -0.0849. The van der Waals surface area contributed by atoms with Crippen LogP contribution in [0.25, 0.3) is 0 Å². The van der Waals surface area contributed by atoms with E-state index in [1.165, 1.54) is 0 Å². The Morgan fingerprint density at radius 3 is 2.46 bits per heavy atom. The second-order valence-electron chi connectivity index (χ2n) is 6.13. The second kappa shape index (κ2) is 8.83. The molecule has 144 valence electrons. The molecule has 2 saturated heterocycles. The summed E-state index contributed by atoms with van der Waals surface area (Å²) in [6.45, 7) is 4.89. The van der Waals surface area contributed by atoms with Gasteiger partial charge in [0.25, 0.3) is 0 Å².